The van der Waals surface area contributed by atoms with Crippen LogP contribution in [0.5, 0.6) is 0 Å². The van der Waals surface area contributed by atoms with E-state index in [0.29, 0.717) is 19.3 Å². The van der Waals surface area contributed by atoms with Crippen molar-refractivity contribution in [1.82, 2.24) is 0 Å². The number of hydrogen-bond donors (Lipinski definition) is 0. The summed E-state index contributed by atoms with van der Waals surface area (Å²) in [5, 5.41) is 0. The molecule has 0 radical (unpaired) electrons. The molecule has 4 atom stereocenters. The number of fused-ring (bicyclic) bond motifs is 1. The van der Waals surface area contributed by atoms with Crippen LogP contribution in [-0.2, 0) is 23.9 Å². The number of rotatable bonds is 7. The zero-order valence-electron chi connectivity index (χ0n) is 13.2. The van der Waals surface area contributed by atoms with E-state index < -0.39 is 0 Å². The van der Waals surface area contributed by atoms with Gasteiger partial charge in [0.1, 0.15) is 12.2 Å². The number of allylic oxidation sites excluding steroid dienone is 1. The number of carbonyl (C=O) groups is 3. The fraction of sp³-hybridized carbons (Fsp3) is 0.706. The molecular weight excluding hydrogens is 284 g/mol. The molecule has 1 aliphatic heterocycles. The highest BCUT2D eigenvalue weighted by molar-refractivity contribution is 5.89. The monoisotopic (exact) mass is 308 g/mol. The molecule has 0 amide bonds. The van der Waals surface area contributed by atoms with Gasteiger partial charge >= 0.3 is 11.9 Å². The number of esters is 2. The third kappa shape index (κ3) is 4.18. The molecule has 5 nitrogen and oxygen atoms in total. The van der Waals surface area contributed by atoms with Crippen LogP contribution in [0.2, 0.25) is 0 Å². The lowest BCUT2D eigenvalue weighted by Gasteiger charge is -2.19. The first-order valence-corrected chi connectivity index (χ1v) is 8.09. The Hall–Kier alpha value is -1.65. The van der Waals surface area contributed by atoms with Gasteiger partial charge in [-0.05, 0) is 12.5 Å². The van der Waals surface area contributed by atoms with Crippen molar-refractivity contribution in [2.75, 3.05) is 0 Å². The maximum Gasteiger partial charge on any atom is 0.306 e. The van der Waals surface area contributed by atoms with Crippen molar-refractivity contribution in [2.24, 2.45) is 11.8 Å². The van der Waals surface area contributed by atoms with Crippen molar-refractivity contribution in [2.45, 2.75) is 64.6 Å². The Kier molecular flexibility index (Phi) is 5.75. The third-order valence-electron chi connectivity index (χ3n) is 4.40. The van der Waals surface area contributed by atoms with Crippen LogP contribution in [0.25, 0.3) is 0 Å². The van der Waals surface area contributed by atoms with Crippen LogP contribution in [0, 0.1) is 11.8 Å². The second-order valence-corrected chi connectivity index (χ2v) is 6.14. The largest absolute Gasteiger partial charge is 0.462 e. The number of ether oxygens (including phenoxy) is 2. The molecule has 22 heavy (non-hydrogen) atoms. The van der Waals surface area contributed by atoms with Crippen molar-refractivity contribution in [3.05, 3.63) is 12.2 Å². The fourth-order valence-electron chi connectivity index (χ4n) is 3.35. The Morgan fingerprint density at radius 3 is 2.82 bits per heavy atom. The Morgan fingerprint density at radius 2 is 2.14 bits per heavy atom. The molecule has 1 aliphatic carbocycles. The average molecular weight is 308 g/mol. The fourth-order valence-corrected chi connectivity index (χ4v) is 3.35. The van der Waals surface area contributed by atoms with Gasteiger partial charge in [0.2, 0.25) is 0 Å². The number of hydrogen-bond acceptors (Lipinski definition) is 5. The van der Waals surface area contributed by atoms with E-state index in [1.807, 2.05) is 6.08 Å². The summed E-state index contributed by atoms with van der Waals surface area (Å²) in [6, 6.07) is 0. The molecule has 0 spiro atoms. The van der Waals surface area contributed by atoms with Gasteiger partial charge in [-0.15, -0.1) is 0 Å². The van der Waals surface area contributed by atoms with E-state index >= 15 is 0 Å². The zero-order valence-corrected chi connectivity index (χ0v) is 13.2. The topological polar surface area (TPSA) is 69.7 Å². The van der Waals surface area contributed by atoms with Crippen LogP contribution in [0.3, 0.4) is 0 Å². The van der Waals surface area contributed by atoms with Crippen LogP contribution in [0.15, 0.2) is 12.2 Å². The smallest absolute Gasteiger partial charge is 0.306 e. The quantitative estimate of drug-likeness (QED) is 0.411. The van der Waals surface area contributed by atoms with Gasteiger partial charge in [-0.2, -0.15) is 0 Å². The van der Waals surface area contributed by atoms with E-state index in [4.69, 9.17) is 9.47 Å². The molecule has 0 unspecified atom stereocenters. The normalized spacial score (nSPS) is 30.4. The molecule has 122 valence electrons. The first kappa shape index (κ1) is 16.7. The molecular formula is C17H24O5. The molecule has 0 aromatic rings. The van der Waals surface area contributed by atoms with E-state index in [1.54, 1.807) is 6.08 Å². The summed E-state index contributed by atoms with van der Waals surface area (Å²) in [7, 11) is 0. The highest BCUT2D eigenvalue weighted by Crippen LogP contribution is 2.43. The second kappa shape index (κ2) is 7.56. The van der Waals surface area contributed by atoms with Crippen molar-refractivity contribution in [3.8, 4) is 0 Å². The van der Waals surface area contributed by atoms with Gasteiger partial charge in [0.25, 0.3) is 0 Å². The minimum Gasteiger partial charge on any atom is -0.462 e. The Balaban J connectivity index is 1.98. The second-order valence-electron chi connectivity index (χ2n) is 6.14. The SMILES string of the molecule is CCCCCC(=O)/C=C/[C@@H]1[C@H]2CC(=O)O[C@H]2C[C@H]1OC(C)=O. The van der Waals surface area contributed by atoms with E-state index in [9.17, 15) is 14.4 Å². The molecule has 2 fully saturated rings. The molecule has 0 N–H and O–H groups in total. The molecule has 0 bridgehead atoms. The van der Waals surface area contributed by atoms with Crippen molar-refractivity contribution in [1.29, 1.82) is 0 Å². The van der Waals surface area contributed by atoms with Crippen LogP contribution in [0.4, 0.5) is 0 Å². The maximum absolute atomic E-state index is 11.9. The molecule has 0 aromatic heterocycles. The first-order chi connectivity index (χ1) is 10.5. The average Bonchev–Trinajstić information content (AvgIpc) is 2.92. The van der Waals surface area contributed by atoms with Crippen molar-refractivity contribution < 1.29 is 23.9 Å². The maximum atomic E-state index is 11.9. The highest BCUT2D eigenvalue weighted by Gasteiger charge is 2.50. The number of carbonyl (C=O) groups excluding carboxylic acids is 3. The lowest BCUT2D eigenvalue weighted by molar-refractivity contribution is -0.149. The van der Waals surface area contributed by atoms with Crippen LogP contribution < -0.4 is 0 Å². The summed E-state index contributed by atoms with van der Waals surface area (Å²) in [5.41, 5.74) is 0. The van der Waals surface area contributed by atoms with Crippen molar-refractivity contribution >= 4 is 17.7 Å². The minimum atomic E-state index is -0.344. The van der Waals surface area contributed by atoms with Gasteiger partial charge in [0.05, 0.1) is 6.42 Å². The molecule has 5 heteroatoms. The van der Waals surface area contributed by atoms with Crippen LogP contribution in [-0.4, -0.2) is 29.9 Å². The number of ketones is 1. The third-order valence-corrected chi connectivity index (χ3v) is 4.40. The lowest BCUT2D eigenvalue weighted by atomic mass is 9.91. The molecule has 2 aliphatic rings. The molecule has 2 rings (SSSR count). The van der Waals surface area contributed by atoms with E-state index in [2.05, 4.69) is 6.92 Å². The van der Waals surface area contributed by atoms with Crippen LogP contribution in [0.1, 0.15) is 52.4 Å². The standard InChI is InChI=1S/C17H24O5/c1-3-4-5-6-12(19)7-8-13-14-9-17(20)22-16(14)10-15(13)21-11(2)18/h7-8,13-16H,3-6,9-10H2,1-2H3/b8-7+/t13-,14-,15-,16+/m1/s1. The Bertz CT molecular complexity index is 468. The van der Waals surface area contributed by atoms with E-state index in [-0.39, 0.29) is 41.8 Å². The highest BCUT2D eigenvalue weighted by atomic mass is 16.6. The van der Waals surface area contributed by atoms with Crippen molar-refractivity contribution in [3.63, 3.8) is 0 Å². The minimum absolute atomic E-state index is 0.0107. The molecule has 1 heterocycles. The first-order valence-electron chi connectivity index (χ1n) is 8.09. The molecule has 1 saturated carbocycles. The van der Waals surface area contributed by atoms with Gasteiger partial charge in [0, 0.05) is 31.6 Å². The summed E-state index contributed by atoms with van der Waals surface area (Å²) in [6.07, 6.45) is 7.32. The summed E-state index contributed by atoms with van der Waals surface area (Å²) >= 11 is 0. The zero-order chi connectivity index (χ0) is 16.1. The van der Waals surface area contributed by atoms with Gasteiger partial charge in [-0.25, -0.2) is 0 Å². The van der Waals surface area contributed by atoms with E-state index in [1.165, 1.54) is 6.92 Å². The summed E-state index contributed by atoms with van der Waals surface area (Å²) < 4.78 is 10.6. The molecule has 1 saturated heterocycles. The predicted molar refractivity (Wildman–Crippen MR) is 79.9 cm³/mol. The Morgan fingerprint density at radius 1 is 1.36 bits per heavy atom. The molecule has 0 aromatic carbocycles. The summed E-state index contributed by atoms with van der Waals surface area (Å²) in [6.45, 7) is 3.47. The number of unbranched alkanes of at least 4 members (excludes halogenated alkanes) is 2. The van der Waals surface area contributed by atoms with Gasteiger partial charge < -0.3 is 9.47 Å². The van der Waals surface area contributed by atoms with Gasteiger partial charge in [-0.3, -0.25) is 14.4 Å². The summed E-state index contributed by atoms with van der Waals surface area (Å²) in [5.74, 6) is -0.566. The summed E-state index contributed by atoms with van der Waals surface area (Å²) in [4.78, 5) is 34.5. The van der Waals surface area contributed by atoms with Gasteiger partial charge in [0.15, 0.2) is 5.78 Å². The lowest BCUT2D eigenvalue weighted by Crippen LogP contribution is -2.23. The predicted octanol–water partition coefficient (Wildman–Crippen LogP) is 2.58. The van der Waals surface area contributed by atoms with E-state index in [0.717, 1.165) is 19.3 Å². The van der Waals surface area contributed by atoms with Crippen LogP contribution >= 0.6 is 0 Å². The van der Waals surface area contributed by atoms with Gasteiger partial charge in [-0.1, -0.05) is 25.8 Å². The Labute approximate surface area is 131 Å².